The van der Waals surface area contributed by atoms with Gasteiger partial charge in [0.05, 0.1) is 18.8 Å². The summed E-state index contributed by atoms with van der Waals surface area (Å²) in [7, 11) is 1.61. The third kappa shape index (κ3) is 2.31. The molecule has 0 atom stereocenters. The highest BCUT2D eigenvalue weighted by Gasteiger charge is 2.25. The number of pyridine rings is 1. The van der Waals surface area contributed by atoms with Gasteiger partial charge >= 0.3 is 11.9 Å². The highest BCUT2D eigenvalue weighted by Crippen LogP contribution is 2.20. The Bertz CT molecular complexity index is 665. The van der Waals surface area contributed by atoms with E-state index in [9.17, 15) is 9.59 Å². The van der Waals surface area contributed by atoms with Crippen molar-refractivity contribution in [1.29, 1.82) is 0 Å². The van der Waals surface area contributed by atoms with Crippen LogP contribution in [-0.4, -0.2) is 45.1 Å². The first-order valence-corrected chi connectivity index (χ1v) is 6.12. The summed E-state index contributed by atoms with van der Waals surface area (Å²) in [5.74, 6) is -1.26. The van der Waals surface area contributed by atoms with Crippen LogP contribution in [0.15, 0.2) is 6.20 Å². The summed E-state index contributed by atoms with van der Waals surface area (Å²) in [6.07, 6.45) is 1.25. The largest absolute Gasteiger partial charge is 0.462 e. The summed E-state index contributed by atoms with van der Waals surface area (Å²) >= 11 is 0. The molecule has 0 amide bonds. The van der Waals surface area contributed by atoms with E-state index in [1.165, 1.54) is 10.9 Å². The van der Waals surface area contributed by atoms with E-state index >= 15 is 0 Å². The summed E-state index contributed by atoms with van der Waals surface area (Å²) in [5, 5.41) is 7.60. The maximum Gasteiger partial charge on any atom is 0.341 e. The zero-order valence-electron chi connectivity index (χ0n) is 11.4. The van der Waals surface area contributed by atoms with Gasteiger partial charge in [0.15, 0.2) is 0 Å². The molecule has 8 heteroatoms. The summed E-state index contributed by atoms with van der Waals surface area (Å²) < 4.78 is 11.3. The molecule has 106 valence electrons. The lowest BCUT2D eigenvalue weighted by Gasteiger charge is -2.09. The summed E-state index contributed by atoms with van der Waals surface area (Å²) in [6.45, 7) is 3.75. The van der Waals surface area contributed by atoms with Crippen LogP contribution in [0, 0.1) is 0 Å². The second kappa shape index (κ2) is 5.64. The number of hydrogen-bond donors (Lipinski definition) is 0. The molecule has 0 aliphatic carbocycles. The second-order valence-corrected chi connectivity index (χ2v) is 3.87. The number of fused-ring (bicyclic) bond motifs is 1. The van der Waals surface area contributed by atoms with Gasteiger partial charge in [-0.15, -0.1) is 5.10 Å². The van der Waals surface area contributed by atoms with Crippen molar-refractivity contribution in [3.8, 4) is 0 Å². The number of carbonyl (C=O) groups excluding carboxylic acids is 2. The number of hydrogen-bond acceptors (Lipinski definition) is 7. The van der Waals surface area contributed by atoms with Crippen molar-refractivity contribution in [1.82, 2.24) is 20.0 Å². The predicted octanol–water partition coefficient (Wildman–Crippen LogP) is 0.717. The molecule has 2 rings (SSSR count). The SMILES string of the molecule is CCOC(=O)c1cnc2nnn(C)c2c1C(=O)OCC. The van der Waals surface area contributed by atoms with E-state index in [2.05, 4.69) is 15.3 Å². The van der Waals surface area contributed by atoms with Gasteiger partial charge in [-0.2, -0.15) is 0 Å². The summed E-state index contributed by atoms with van der Waals surface area (Å²) in [5.41, 5.74) is 0.726. The van der Waals surface area contributed by atoms with Gasteiger partial charge < -0.3 is 9.47 Å². The smallest absolute Gasteiger partial charge is 0.341 e. The van der Waals surface area contributed by atoms with E-state index in [4.69, 9.17) is 9.47 Å². The van der Waals surface area contributed by atoms with Crippen molar-refractivity contribution in [2.24, 2.45) is 7.05 Å². The van der Waals surface area contributed by atoms with Gasteiger partial charge in [-0.05, 0) is 13.8 Å². The van der Waals surface area contributed by atoms with Crippen LogP contribution in [0.3, 0.4) is 0 Å². The number of aryl methyl sites for hydroxylation is 1. The van der Waals surface area contributed by atoms with Gasteiger partial charge in [-0.3, -0.25) is 0 Å². The Morgan fingerprint density at radius 1 is 1.20 bits per heavy atom. The van der Waals surface area contributed by atoms with Gasteiger partial charge in [0.25, 0.3) is 0 Å². The average Bonchev–Trinajstić information content (AvgIpc) is 2.80. The first kappa shape index (κ1) is 13.9. The summed E-state index contributed by atoms with van der Waals surface area (Å²) in [4.78, 5) is 28.0. The third-order valence-electron chi connectivity index (χ3n) is 2.61. The fourth-order valence-corrected chi connectivity index (χ4v) is 1.80. The highest BCUT2D eigenvalue weighted by molar-refractivity contribution is 6.10. The lowest BCUT2D eigenvalue weighted by atomic mass is 10.1. The zero-order chi connectivity index (χ0) is 14.7. The molecule has 0 N–H and O–H groups in total. The molecule has 2 aromatic heterocycles. The molecule has 0 spiro atoms. The van der Waals surface area contributed by atoms with Crippen LogP contribution in [-0.2, 0) is 16.5 Å². The van der Waals surface area contributed by atoms with Crippen LogP contribution >= 0.6 is 0 Å². The lowest BCUT2D eigenvalue weighted by molar-refractivity contribution is 0.0480. The molecule has 0 radical (unpaired) electrons. The molecule has 0 aliphatic heterocycles. The second-order valence-electron chi connectivity index (χ2n) is 3.87. The monoisotopic (exact) mass is 278 g/mol. The molecule has 0 unspecified atom stereocenters. The number of aromatic nitrogens is 4. The lowest BCUT2D eigenvalue weighted by Crippen LogP contribution is -2.16. The predicted molar refractivity (Wildman–Crippen MR) is 68.2 cm³/mol. The quantitative estimate of drug-likeness (QED) is 0.760. The highest BCUT2D eigenvalue weighted by atomic mass is 16.5. The molecule has 0 bridgehead atoms. The van der Waals surface area contributed by atoms with Crippen LogP contribution in [0.25, 0.3) is 11.2 Å². The van der Waals surface area contributed by atoms with E-state index in [0.717, 1.165) is 0 Å². The fourth-order valence-electron chi connectivity index (χ4n) is 1.80. The molecule has 0 aliphatic rings. The van der Waals surface area contributed by atoms with Crippen molar-refractivity contribution >= 4 is 23.1 Å². The fraction of sp³-hybridized carbons (Fsp3) is 0.417. The van der Waals surface area contributed by atoms with Crippen LogP contribution in [0.2, 0.25) is 0 Å². The molecule has 2 aromatic rings. The number of ether oxygens (including phenoxy) is 2. The van der Waals surface area contributed by atoms with Crippen LogP contribution < -0.4 is 0 Å². The zero-order valence-corrected chi connectivity index (χ0v) is 11.4. The van der Waals surface area contributed by atoms with Crippen molar-refractivity contribution in [3.63, 3.8) is 0 Å². The molecular formula is C12H14N4O4. The van der Waals surface area contributed by atoms with Crippen molar-refractivity contribution in [2.75, 3.05) is 13.2 Å². The first-order chi connectivity index (χ1) is 9.60. The maximum atomic E-state index is 12.1. The van der Waals surface area contributed by atoms with Crippen molar-refractivity contribution in [2.45, 2.75) is 13.8 Å². The Hall–Kier alpha value is -2.51. The normalized spacial score (nSPS) is 10.6. The summed E-state index contributed by atoms with van der Waals surface area (Å²) in [6, 6.07) is 0. The average molecular weight is 278 g/mol. The Kier molecular flexibility index (Phi) is 3.92. The van der Waals surface area contributed by atoms with E-state index < -0.39 is 11.9 Å². The number of nitrogens with zero attached hydrogens (tertiary/aromatic N) is 4. The van der Waals surface area contributed by atoms with E-state index in [1.54, 1.807) is 20.9 Å². The van der Waals surface area contributed by atoms with Gasteiger partial charge in [0.2, 0.25) is 5.65 Å². The minimum absolute atomic E-state index is 0.0446. The molecule has 20 heavy (non-hydrogen) atoms. The third-order valence-corrected chi connectivity index (χ3v) is 2.61. The van der Waals surface area contributed by atoms with Crippen molar-refractivity contribution in [3.05, 3.63) is 17.3 Å². The van der Waals surface area contributed by atoms with Gasteiger partial charge in [-0.25, -0.2) is 19.3 Å². The van der Waals surface area contributed by atoms with Crippen LogP contribution in [0.1, 0.15) is 34.6 Å². The van der Waals surface area contributed by atoms with E-state index in [1.807, 2.05) is 0 Å². The topological polar surface area (TPSA) is 96.2 Å². The minimum atomic E-state index is -0.633. The Balaban J connectivity index is 2.67. The number of rotatable bonds is 4. The van der Waals surface area contributed by atoms with E-state index in [0.29, 0.717) is 5.52 Å². The molecule has 0 aromatic carbocycles. The van der Waals surface area contributed by atoms with Crippen molar-refractivity contribution < 1.29 is 19.1 Å². The number of carbonyl (C=O) groups is 2. The van der Waals surface area contributed by atoms with Gasteiger partial charge in [0.1, 0.15) is 11.1 Å². The van der Waals surface area contributed by atoms with Crippen LogP contribution in [0.4, 0.5) is 0 Å². The van der Waals surface area contributed by atoms with Gasteiger partial charge in [-0.1, -0.05) is 5.21 Å². The standard InChI is InChI=1S/C12H14N4O4/c1-4-19-11(17)7-6-13-10-9(16(3)15-14-10)8(7)12(18)20-5-2/h6H,4-5H2,1-3H3. The Morgan fingerprint density at radius 2 is 1.85 bits per heavy atom. The molecule has 0 saturated heterocycles. The Labute approximate surface area is 114 Å². The molecule has 0 saturated carbocycles. The van der Waals surface area contributed by atoms with Gasteiger partial charge in [0, 0.05) is 13.2 Å². The molecule has 2 heterocycles. The van der Waals surface area contributed by atoms with E-state index in [-0.39, 0.29) is 30.0 Å². The molecule has 8 nitrogen and oxygen atoms in total. The molecular weight excluding hydrogens is 264 g/mol. The minimum Gasteiger partial charge on any atom is -0.462 e. The number of esters is 2. The maximum absolute atomic E-state index is 12.1. The Morgan fingerprint density at radius 3 is 2.50 bits per heavy atom. The molecule has 0 fully saturated rings. The van der Waals surface area contributed by atoms with Crippen LogP contribution in [0.5, 0.6) is 0 Å². The first-order valence-electron chi connectivity index (χ1n) is 6.12.